The summed E-state index contributed by atoms with van der Waals surface area (Å²) in [5, 5.41) is 0. The van der Waals surface area contributed by atoms with E-state index in [9.17, 15) is 9.59 Å². The number of carbonyl (C=O) groups is 2. The Morgan fingerprint density at radius 1 is 1.12 bits per heavy atom. The number of hydrogen-bond donors (Lipinski definition) is 0. The van der Waals surface area contributed by atoms with Gasteiger partial charge in [-0.2, -0.15) is 0 Å². The van der Waals surface area contributed by atoms with E-state index in [-0.39, 0.29) is 24.3 Å². The highest BCUT2D eigenvalue weighted by molar-refractivity contribution is 5.94. The SMILES string of the molecule is COC(=O)CCN(C(=O)c1cccc(C)c1)C1CCCCCCC1. The van der Waals surface area contributed by atoms with E-state index in [1.165, 1.54) is 26.4 Å². The van der Waals surface area contributed by atoms with Gasteiger partial charge in [-0.05, 0) is 31.9 Å². The van der Waals surface area contributed by atoms with Gasteiger partial charge in [0.05, 0.1) is 13.5 Å². The molecule has 24 heavy (non-hydrogen) atoms. The van der Waals surface area contributed by atoms with Gasteiger partial charge >= 0.3 is 5.97 Å². The Balaban J connectivity index is 2.16. The van der Waals surface area contributed by atoms with Crippen molar-refractivity contribution in [1.82, 2.24) is 4.90 Å². The van der Waals surface area contributed by atoms with Crippen LogP contribution in [0.15, 0.2) is 24.3 Å². The van der Waals surface area contributed by atoms with E-state index in [0.29, 0.717) is 12.1 Å². The van der Waals surface area contributed by atoms with E-state index >= 15 is 0 Å². The molecule has 0 unspecified atom stereocenters. The van der Waals surface area contributed by atoms with Gasteiger partial charge in [0, 0.05) is 18.2 Å². The van der Waals surface area contributed by atoms with E-state index < -0.39 is 0 Å². The Morgan fingerprint density at radius 3 is 2.42 bits per heavy atom. The van der Waals surface area contributed by atoms with Crippen molar-refractivity contribution in [3.63, 3.8) is 0 Å². The van der Waals surface area contributed by atoms with Gasteiger partial charge in [-0.25, -0.2) is 0 Å². The predicted molar refractivity (Wildman–Crippen MR) is 95.0 cm³/mol. The monoisotopic (exact) mass is 331 g/mol. The topological polar surface area (TPSA) is 46.6 Å². The Morgan fingerprint density at radius 2 is 1.79 bits per heavy atom. The van der Waals surface area contributed by atoms with Gasteiger partial charge in [-0.15, -0.1) is 0 Å². The molecule has 0 spiro atoms. The van der Waals surface area contributed by atoms with E-state index in [1.54, 1.807) is 0 Å². The molecule has 4 nitrogen and oxygen atoms in total. The first kappa shape index (κ1) is 18.5. The summed E-state index contributed by atoms with van der Waals surface area (Å²) in [7, 11) is 1.39. The zero-order valence-electron chi connectivity index (χ0n) is 14.9. The fourth-order valence-corrected chi connectivity index (χ4v) is 3.45. The smallest absolute Gasteiger partial charge is 0.307 e. The summed E-state index contributed by atoms with van der Waals surface area (Å²) in [6.07, 6.45) is 8.38. The number of ether oxygens (including phenoxy) is 1. The summed E-state index contributed by atoms with van der Waals surface area (Å²) < 4.78 is 4.76. The van der Waals surface area contributed by atoms with Crippen LogP contribution < -0.4 is 0 Å². The first-order valence-corrected chi connectivity index (χ1v) is 9.06. The Bertz CT molecular complexity index is 548. The molecule has 1 amide bonds. The Hall–Kier alpha value is -1.84. The number of methoxy groups -OCH3 is 1. The van der Waals surface area contributed by atoms with E-state index in [1.807, 2.05) is 36.1 Å². The lowest BCUT2D eigenvalue weighted by molar-refractivity contribution is -0.140. The van der Waals surface area contributed by atoms with Gasteiger partial charge in [0.2, 0.25) is 0 Å². The van der Waals surface area contributed by atoms with Gasteiger partial charge in [0.1, 0.15) is 0 Å². The molecule has 0 atom stereocenters. The minimum atomic E-state index is -0.261. The number of aryl methyl sites for hydroxylation is 1. The molecule has 0 aromatic heterocycles. The molecular formula is C20H29NO3. The average molecular weight is 331 g/mol. The summed E-state index contributed by atoms with van der Waals surface area (Å²) >= 11 is 0. The summed E-state index contributed by atoms with van der Waals surface area (Å²) in [5.41, 5.74) is 1.79. The highest BCUT2D eigenvalue weighted by Gasteiger charge is 2.25. The van der Waals surface area contributed by atoms with Crippen molar-refractivity contribution in [2.75, 3.05) is 13.7 Å². The van der Waals surface area contributed by atoms with Crippen LogP contribution >= 0.6 is 0 Å². The van der Waals surface area contributed by atoms with Crippen molar-refractivity contribution in [1.29, 1.82) is 0 Å². The minimum Gasteiger partial charge on any atom is -0.469 e. The Labute approximate surface area is 145 Å². The molecule has 1 aromatic rings. The van der Waals surface area contributed by atoms with Crippen LogP contribution in [0.2, 0.25) is 0 Å². The number of carbonyl (C=O) groups excluding carboxylic acids is 2. The van der Waals surface area contributed by atoms with Gasteiger partial charge in [0.15, 0.2) is 0 Å². The molecule has 0 bridgehead atoms. The predicted octanol–water partition coefficient (Wildman–Crippen LogP) is 4.11. The molecule has 1 saturated carbocycles. The number of hydrogen-bond acceptors (Lipinski definition) is 3. The van der Waals surface area contributed by atoms with Crippen LogP contribution in [0.25, 0.3) is 0 Å². The average Bonchev–Trinajstić information content (AvgIpc) is 2.55. The summed E-state index contributed by atoms with van der Waals surface area (Å²) in [6.45, 7) is 2.43. The van der Waals surface area contributed by atoms with E-state index in [2.05, 4.69) is 0 Å². The first-order chi connectivity index (χ1) is 11.6. The van der Waals surface area contributed by atoms with Gasteiger partial charge in [-0.1, -0.05) is 49.8 Å². The van der Waals surface area contributed by atoms with Crippen LogP contribution in [-0.2, 0) is 9.53 Å². The maximum absolute atomic E-state index is 13.1. The lowest BCUT2D eigenvalue weighted by Crippen LogP contribution is -2.42. The van der Waals surface area contributed by atoms with Crippen LogP contribution in [0, 0.1) is 6.92 Å². The third-order valence-corrected chi connectivity index (χ3v) is 4.83. The molecule has 4 heteroatoms. The van der Waals surface area contributed by atoms with E-state index in [4.69, 9.17) is 4.74 Å². The molecule has 0 saturated heterocycles. The van der Waals surface area contributed by atoms with Gasteiger partial charge in [0.25, 0.3) is 5.91 Å². The second kappa shape index (κ2) is 9.45. The highest BCUT2D eigenvalue weighted by Crippen LogP contribution is 2.23. The van der Waals surface area contributed by atoms with Crippen LogP contribution in [0.1, 0.15) is 67.3 Å². The molecule has 1 fully saturated rings. The molecule has 1 aliphatic carbocycles. The zero-order valence-corrected chi connectivity index (χ0v) is 14.9. The highest BCUT2D eigenvalue weighted by atomic mass is 16.5. The molecule has 2 rings (SSSR count). The van der Waals surface area contributed by atoms with Crippen molar-refractivity contribution in [3.8, 4) is 0 Å². The Kier molecular flexibility index (Phi) is 7.29. The molecule has 0 heterocycles. The van der Waals surface area contributed by atoms with Crippen molar-refractivity contribution in [2.24, 2.45) is 0 Å². The van der Waals surface area contributed by atoms with Crippen LogP contribution in [0.4, 0.5) is 0 Å². The lowest BCUT2D eigenvalue weighted by atomic mass is 9.94. The van der Waals surface area contributed by atoms with Crippen molar-refractivity contribution in [2.45, 2.75) is 64.3 Å². The maximum Gasteiger partial charge on any atom is 0.307 e. The lowest BCUT2D eigenvalue weighted by Gasteiger charge is -2.33. The fraction of sp³-hybridized carbons (Fsp3) is 0.600. The van der Waals surface area contributed by atoms with Gasteiger partial charge in [-0.3, -0.25) is 9.59 Å². The summed E-state index contributed by atoms with van der Waals surface area (Å²) in [4.78, 5) is 26.6. The summed E-state index contributed by atoms with van der Waals surface area (Å²) in [6, 6.07) is 7.92. The van der Waals surface area contributed by atoms with Crippen molar-refractivity contribution in [3.05, 3.63) is 35.4 Å². The molecule has 0 N–H and O–H groups in total. The summed E-state index contributed by atoms with van der Waals surface area (Å²) in [5.74, 6) is -0.226. The first-order valence-electron chi connectivity index (χ1n) is 9.06. The fourth-order valence-electron chi connectivity index (χ4n) is 3.45. The molecule has 1 aliphatic rings. The standard InChI is InChI=1S/C20H29NO3/c1-16-9-8-10-17(15-16)20(23)21(14-13-19(22)24-2)18-11-6-4-3-5-7-12-18/h8-10,15,18H,3-7,11-14H2,1-2H3. The number of amides is 1. The normalized spacial score (nSPS) is 16.1. The number of nitrogens with zero attached hydrogens (tertiary/aromatic N) is 1. The van der Waals surface area contributed by atoms with Crippen molar-refractivity contribution < 1.29 is 14.3 Å². The van der Waals surface area contributed by atoms with Crippen LogP contribution in [0.3, 0.4) is 0 Å². The maximum atomic E-state index is 13.1. The molecule has 0 radical (unpaired) electrons. The number of benzene rings is 1. The van der Waals surface area contributed by atoms with Crippen LogP contribution in [0.5, 0.6) is 0 Å². The largest absolute Gasteiger partial charge is 0.469 e. The molecule has 132 valence electrons. The number of rotatable bonds is 5. The molecule has 0 aliphatic heterocycles. The third kappa shape index (κ3) is 5.36. The second-order valence-corrected chi connectivity index (χ2v) is 6.69. The van der Waals surface area contributed by atoms with Gasteiger partial charge < -0.3 is 9.64 Å². The van der Waals surface area contributed by atoms with Crippen LogP contribution in [-0.4, -0.2) is 36.5 Å². The third-order valence-electron chi connectivity index (χ3n) is 4.83. The van der Waals surface area contributed by atoms with Crippen molar-refractivity contribution >= 4 is 11.9 Å². The van der Waals surface area contributed by atoms with E-state index in [0.717, 1.165) is 31.2 Å². The zero-order chi connectivity index (χ0) is 17.4. The molecular weight excluding hydrogens is 302 g/mol. The second-order valence-electron chi connectivity index (χ2n) is 6.69. The molecule has 1 aromatic carbocycles. The quantitative estimate of drug-likeness (QED) is 0.763. The number of esters is 1. The minimum absolute atomic E-state index is 0.0353.